The Labute approximate surface area is 109 Å². The SMILES string of the molecule is NC(=O)CNS(=O)(=O)c1ccc2c(c1)NC(=O)CO2. The van der Waals surface area contributed by atoms with Crippen LogP contribution in [0, 0.1) is 0 Å². The van der Waals surface area contributed by atoms with Crippen molar-refractivity contribution in [1.82, 2.24) is 4.72 Å². The summed E-state index contributed by atoms with van der Waals surface area (Å²) in [6, 6.07) is 3.98. The lowest BCUT2D eigenvalue weighted by molar-refractivity contribution is -0.118. The zero-order chi connectivity index (χ0) is 14.0. The topological polar surface area (TPSA) is 128 Å². The van der Waals surface area contributed by atoms with Gasteiger partial charge in [-0.2, -0.15) is 0 Å². The Morgan fingerprint density at radius 3 is 2.89 bits per heavy atom. The first-order valence-corrected chi connectivity index (χ1v) is 6.71. The number of anilines is 1. The average molecular weight is 285 g/mol. The highest BCUT2D eigenvalue weighted by molar-refractivity contribution is 7.89. The third kappa shape index (κ3) is 3.01. The summed E-state index contributed by atoms with van der Waals surface area (Å²) in [6.07, 6.45) is 0. The highest BCUT2D eigenvalue weighted by atomic mass is 32.2. The second-order valence-electron chi connectivity index (χ2n) is 3.79. The molecule has 0 aliphatic carbocycles. The number of fused-ring (bicyclic) bond motifs is 1. The summed E-state index contributed by atoms with van der Waals surface area (Å²) >= 11 is 0. The van der Waals surface area contributed by atoms with Gasteiger partial charge in [0.05, 0.1) is 17.1 Å². The second kappa shape index (κ2) is 4.86. The van der Waals surface area contributed by atoms with Gasteiger partial charge in [-0.15, -0.1) is 0 Å². The number of sulfonamides is 1. The van der Waals surface area contributed by atoms with Crippen molar-refractivity contribution in [3.8, 4) is 5.75 Å². The maximum Gasteiger partial charge on any atom is 0.262 e. The lowest BCUT2D eigenvalue weighted by atomic mass is 10.2. The van der Waals surface area contributed by atoms with E-state index in [2.05, 4.69) is 5.32 Å². The van der Waals surface area contributed by atoms with Gasteiger partial charge in [-0.05, 0) is 18.2 Å². The molecule has 1 aromatic rings. The maximum absolute atomic E-state index is 11.8. The number of carbonyl (C=O) groups excluding carboxylic acids is 2. The molecule has 0 saturated carbocycles. The molecule has 8 nitrogen and oxygen atoms in total. The zero-order valence-electron chi connectivity index (χ0n) is 9.67. The van der Waals surface area contributed by atoms with Crippen molar-refractivity contribution in [2.75, 3.05) is 18.5 Å². The van der Waals surface area contributed by atoms with Crippen molar-refractivity contribution in [2.24, 2.45) is 5.73 Å². The quantitative estimate of drug-likeness (QED) is 0.639. The molecule has 0 bridgehead atoms. The molecule has 4 N–H and O–H groups in total. The summed E-state index contributed by atoms with van der Waals surface area (Å²) in [4.78, 5) is 21.6. The van der Waals surface area contributed by atoms with E-state index in [0.717, 1.165) is 0 Å². The number of hydrogen-bond donors (Lipinski definition) is 3. The number of carbonyl (C=O) groups is 2. The van der Waals surface area contributed by atoms with E-state index in [0.29, 0.717) is 5.75 Å². The molecule has 0 spiro atoms. The predicted octanol–water partition coefficient (Wildman–Crippen LogP) is -1.22. The van der Waals surface area contributed by atoms with E-state index in [1.807, 2.05) is 4.72 Å². The van der Waals surface area contributed by atoms with Gasteiger partial charge in [0.15, 0.2) is 6.61 Å². The summed E-state index contributed by atoms with van der Waals surface area (Å²) in [6.45, 7) is -0.610. The summed E-state index contributed by atoms with van der Waals surface area (Å²) in [5.41, 5.74) is 5.13. The van der Waals surface area contributed by atoms with Gasteiger partial charge in [0.25, 0.3) is 5.91 Å². The lowest BCUT2D eigenvalue weighted by Crippen LogP contribution is -2.33. The van der Waals surface area contributed by atoms with Crippen LogP contribution in [0.3, 0.4) is 0 Å². The van der Waals surface area contributed by atoms with Crippen LogP contribution in [0.4, 0.5) is 5.69 Å². The molecule has 0 atom stereocenters. The first kappa shape index (κ1) is 13.3. The summed E-state index contributed by atoms with van der Waals surface area (Å²) in [5, 5.41) is 2.49. The minimum absolute atomic E-state index is 0.0988. The van der Waals surface area contributed by atoms with Gasteiger partial charge in [-0.25, -0.2) is 13.1 Å². The molecule has 1 aliphatic heterocycles. The van der Waals surface area contributed by atoms with E-state index in [4.69, 9.17) is 10.5 Å². The molecule has 0 unspecified atom stereocenters. The molecule has 19 heavy (non-hydrogen) atoms. The van der Waals surface area contributed by atoms with Gasteiger partial charge in [0.1, 0.15) is 5.75 Å². The van der Waals surface area contributed by atoms with Crippen LogP contribution in [0.25, 0.3) is 0 Å². The number of primary amides is 1. The van der Waals surface area contributed by atoms with Gasteiger partial charge in [0.2, 0.25) is 15.9 Å². The normalized spacial score (nSPS) is 14.2. The molecular formula is C10H11N3O5S. The van der Waals surface area contributed by atoms with Crippen LogP contribution in [-0.2, 0) is 19.6 Å². The lowest BCUT2D eigenvalue weighted by Gasteiger charge is -2.18. The van der Waals surface area contributed by atoms with Crippen LogP contribution in [0.2, 0.25) is 0 Å². The first-order chi connectivity index (χ1) is 8.88. The van der Waals surface area contributed by atoms with Crippen LogP contribution in [-0.4, -0.2) is 33.4 Å². The first-order valence-electron chi connectivity index (χ1n) is 5.23. The van der Waals surface area contributed by atoms with E-state index in [1.54, 1.807) is 0 Å². The number of nitrogens with one attached hydrogen (secondary N) is 2. The van der Waals surface area contributed by atoms with Gasteiger partial charge in [0, 0.05) is 0 Å². The van der Waals surface area contributed by atoms with Gasteiger partial charge >= 0.3 is 0 Å². The van der Waals surface area contributed by atoms with Crippen molar-refractivity contribution < 1.29 is 22.7 Å². The average Bonchev–Trinajstić information content (AvgIpc) is 2.35. The molecule has 2 rings (SSSR count). The minimum Gasteiger partial charge on any atom is -0.482 e. The fourth-order valence-electron chi connectivity index (χ4n) is 1.48. The Balaban J connectivity index is 2.28. The molecular weight excluding hydrogens is 274 g/mol. The van der Waals surface area contributed by atoms with Crippen LogP contribution < -0.4 is 20.5 Å². The molecule has 0 saturated heterocycles. The summed E-state index contributed by atoms with van der Waals surface area (Å²) < 4.78 is 30.8. The number of amides is 2. The Bertz CT molecular complexity index is 641. The molecule has 0 fully saturated rings. The molecule has 1 aromatic carbocycles. The van der Waals surface area contributed by atoms with Gasteiger partial charge in [-0.1, -0.05) is 0 Å². The fourth-order valence-corrected chi connectivity index (χ4v) is 2.50. The minimum atomic E-state index is -3.86. The second-order valence-corrected chi connectivity index (χ2v) is 5.55. The van der Waals surface area contributed by atoms with Crippen molar-refractivity contribution in [2.45, 2.75) is 4.90 Å². The molecule has 0 aromatic heterocycles. The van der Waals surface area contributed by atoms with E-state index in [-0.39, 0.29) is 23.1 Å². The number of rotatable bonds is 4. The van der Waals surface area contributed by atoms with Crippen molar-refractivity contribution in [3.05, 3.63) is 18.2 Å². The van der Waals surface area contributed by atoms with Crippen LogP contribution in [0.15, 0.2) is 23.1 Å². The van der Waals surface area contributed by atoms with E-state index < -0.39 is 22.5 Å². The Morgan fingerprint density at radius 2 is 2.21 bits per heavy atom. The molecule has 1 aliphatic rings. The third-order valence-corrected chi connectivity index (χ3v) is 3.73. The molecule has 2 amide bonds. The zero-order valence-corrected chi connectivity index (χ0v) is 10.5. The van der Waals surface area contributed by atoms with Gasteiger partial charge in [-0.3, -0.25) is 9.59 Å². The monoisotopic (exact) mass is 285 g/mol. The third-order valence-electron chi connectivity index (χ3n) is 2.33. The molecule has 102 valence electrons. The maximum atomic E-state index is 11.8. The van der Waals surface area contributed by atoms with E-state index in [1.165, 1.54) is 18.2 Å². The van der Waals surface area contributed by atoms with Crippen molar-refractivity contribution in [1.29, 1.82) is 0 Å². The molecule has 9 heteroatoms. The standard InChI is InChI=1S/C10H11N3O5S/c11-9(14)4-12-19(16,17)6-1-2-8-7(3-6)13-10(15)5-18-8/h1-3,12H,4-5H2,(H2,11,14)(H,13,15). The molecule has 0 radical (unpaired) electrons. The van der Waals surface area contributed by atoms with Crippen molar-refractivity contribution >= 4 is 27.5 Å². The summed E-state index contributed by atoms with van der Waals surface area (Å²) in [7, 11) is -3.86. The number of ether oxygens (including phenoxy) is 1. The Morgan fingerprint density at radius 1 is 1.47 bits per heavy atom. The van der Waals surface area contributed by atoms with Crippen LogP contribution >= 0.6 is 0 Å². The summed E-state index contributed by atoms with van der Waals surface area (Å²) in [5.74, 6) is -0.779. The van der Waals surface area contributed by atoms with Crippen LogP contribution in [0.1, 0.15) is 0 Å². The van der Waals surface area contributed by atoms with E-state index in [9.17, 15) is 18.0 Å². The van der Waals surface area contributed by atoms with Gasteiger partial charge < -0.3 is 15.8 Å². The number of benzene rings is 1. The highest BCUT2D eigenvalue weighted by Crippen LogP contribution is 2.29. The Kier molecular flexibility index (Phi) is 3.40. The van der Waals surface area contributed by atoms with Crippen LogP contribution in [0.5, 0.6) is 5.75 Å². The fraction of sp³-hybridized carbons (Fsp3) is 0.200. The highest BCUT2D eigenvalue weighted by Gasteiger charge is 2.20. The van der Waals surface area contributed by atoms with Crippen molar-refractivity contribution in [3.63, 3.8) is 0 Å². The smallest absolute Gasteiger partial charge is 0.262 e. The number of hydrogen-bond acceptors (Lipinski definition) is 5. The number of nitrogens with two attached hydrogens (primary N) is 1. The molecule has 1 heterocycles. The Hall–Kier alpha value is -2.13. The predicted molar refractivity (Wildman–Crippen MR) is 64.9 cm³/mol. The largest absolute Gasteiger partial charge is 0.482 e. The van der Waals surface area contributed by atoms with E-state index >= 15 is 0 Å².